The first kappa shape index (κ1) is 22.5. The van der Waals surface area contributed by atoms with Gasteiger partial charge in [-0.3, -0.25) is 4.98 Å². The van der Waals surface area contributed by atoms with Crippen molar-refractivity contribution in [2.75, 3.05) is 0 Å². The molecule has 0 aliphatic carbocycles. The van der Waals surface area contributed by atoms with Gasteiger partial charge in [0.1, 0.15) is 0 Å². The van der Waals surface area contributed by atoms with Gasteiger partial charge in [-0.25, -0.2) is 0 Å². The van der Waals surface area contributed by atoms with Crippen LogP contribution in [0.4, 0.5) is 0 Å². The number of fused-ring (bicyclic) bond motifs is 6. The van der Waals surface area contributed by atoms with E-state index in [0.717, 1.165) is 22.2 Å². The summed E-state index contributed by atoms with van der Waals surface area (Å²) >= 11 is 0. The van der Waals surface area contributed by atoms with Crippen LogP contribution in [0, 0.1) is 33.8 Å². The van der Waals surface area contributed by atoms with Gasteiger partial charge in [0.05, 0.1) is 11.3 Å². The van der Waals surface area contributed by atoms with Crippen LogP contribution in [-0.4, -0.2) is 9.38 Å². The number of pyridine rings is 1. The van der Waals surface area contributed by atoms with Crippen LogP contribution in [0.15, 0.2) is 79.0 Å². The van der Waals surface area contributed by atoms with Crippen molar-refractivity contribution in [1.29, 1.82) is 0 Å². The molecule has 0 fully saturated rings. The normalized spacial score (nSPS) is 11.3. The molecule has 0 saturated heterocycles. The Hall–Kier alpha value is -3.26. The Bertz CT molecular complexity index is 1670. The van der Waals surface area contributed by atoms with E-state index in [-0.39, 0.29) is 20.1 Å². The van der Waals surface area contributed by atoms with E-state index < -0.39 is 0 Å². The summed E-state index contributed by atoms with van der Waals surface area (Å²) in [7, 11) is 0. The first-order chi connectivity index (χ1) is 16.0. The van der Waals surface area contributed by atoms with Gasteiger partial charge < -0.3 is 4.40 Å². The van der Waals surface area contributed by atoms with Gasteiger partial charge in [-0.15, -0.1) is 18.2 Å². The van der Waals surface area contributed by atoms with E-state index >= 15 is 0 Å². The van der Waals surface area contributed by atoms with Gasteiger partial charge >= 0.3 is 0 Å². The Morgan fingerprint density at radius 3 is 2.00 bits per heavy atom. The van der Waals surface area contributed by atoms with Crippen LogP contribution < -0.4 is 0 Å². The summed E-state index contributed by atoms with van der Waals surface area (Å²) in [5.74, 6) is 0. The molecule has 0 aliphatic rings. The molecule has 6 aromatic rings. The fourth-order valence-electron chi connectivity index (χ4n) is 5.38. The Kier molecular flexibility index (Phi) is 5.64. The third kappa shape index (κ3) is 3.31. The van der Waals surface area contributed by atoms with E-state index in [4.69, 9.17) is 4.98 Å². The third-order valence-corrected chi connectivity index (χ3v) is 6.85. The van der Waals surface area contributed by atoms with Crippen molar-refractivity contribution in [3.63, 3.8) is 0 Å². The molecule has 1 radical (unpaired) electrons. The van der Waals surface area contributed by atoms with E-state index in [2.05, 4.69) is 111 Å². The van der Waals surface area contributed by atoms with Crippen LogP contribution in [0.3, 0.4) is 0 Å². The molecule has 0 bridgehead atoms. The van der Waals surface area contributed by atoms with E-state index in [9.17, 15) is 0 Å². The second kappa shape index (κ2) is 8.51. The molecular formula is C31H25IrN2-. The van der Waals surface area contributed by atoms with E-state index in [1.807, 2.05) is 6.07 Å². The zero-order valence-electron chi connectivity index (χ0n) is 19.7. The van der Waals surface area contributed by atoms with Gasteiger partial charge in [-0.2, -0.15) is 0 Å². The number of para-hydroxylation sites is 1. The molecule has 4 aromatic carbocycles. The summed E-state index contributed by atoms with van der Waals surface area (Å²) in [5, 5.41) is 3.50. The summed E-state index contributed by atoms with van der Waals surface area (Å²) in [6, 6.07) is 29.4. The van der Waals surface area contributed by atoms with Crippen molar-refractivity contribution in [1.82, 2.24) is 9.38 Å². The number of imidazole rings is 1. The quantitative estimate of drug-likeness (QED) is 0.142. The van der Waals surface area contributed by atoms with Crippen LogP contribution in [0.1, 0.15) is 22.3 Å². The maximum absolute atomic E-state index is 5.19. The minimum absolute atomic E-state index is 0. The molecule has 3 heteroatoms. The third-order valence-electron chi connectivity index (χ3n) is 6.85. The molecule has 6 rings (SSSR count). The first-order valence-electron chi connectivity index (χ1n) is 11.4. The van der Waals surface area contributed by atoms with Crippen LogP contribution in [0.25, 0.3) is 49.7 Å². The molecule has 2 aromatic heterocycles. The zero-order chi connectivity index (χ0) is 22.7. The molecule has 0 aliphatic heterocycles. The number of aryl methyl sites for hydroxylation is 4. The number of hydrogen-bond donors (Lipinski definition) is 0. The van der Waals surface area contributed by atoms with Gasteiger partial charge in [0, 0.05) is 37.4 Å². The van der Waals surface area contributed by atoms with Crippen molar-refractivity contribution in [2.24, 2.45) is 0 Å². The number of aromatic nitrogens is 2. The number of benzene rings is 4. The maximum Gasteiger partial charge on any atom is 0.0777 e. The fourth-order valence-corrected chi connectivity index (χ4v) is 5.38. The average molecular weight is 618 g/mol. The van der Waals surface area contributed by atoms with Crippen LogP contribution in [0.2, 0.25) is 0 Å². The molecule has 2 nitrogen and oxygen atoms in total. The molecular weight excluding hydrogens is 593 g/mol. The Labute approximate surface area is 213 Å². The zero-order valence-corrected chi connectivity index (χ0v) is 22.1. The molecule has 0 saturated carbocycles. The van der Waals surface area contributed by atoms with Gasteiger partial charge in [0.25, 0.3) is 0 Å². The summed E-state index contributed by atoms with van der Waals surface area (Å²) < 4.78 is 2.24. The second-order valence-electron chi connectivity index (χ2n) is 9.01. The van der Waals surface area contributed by atoms with Crippen molar-refractivity contribution in [3.8, 4) is 22.4 Å². The number of hydrogen-bond acceptors (Lipinski definition) is 1. The van der Waals surface area contributed by atoms with Gasteiger partial charge in [-0.05, 0) is 67.0 Å². The predicted octanol–water partition coefficient (Wildman–Crippen LogP) is 8.01. The molecule has 0 atom stereocenters. The van der Waals surface area contributed by atoms with Gasteiger partial charge in [-0.1, -0.05) is 70.9 Å². The van der Waals surface area contributed by atoms with Crippen molar-refractivity contribution < 1.29 is 20.1 Å². The largest absolute Gasteiger partial charge is 0.339 e. The van der Waals surface area contributed by atoms with E-state index in [1.54, 1.807) is 0 Å². The van der Waals surface area contributed by atoms with Crippen LogP contribution in [-0.2, 0) is 20.1 Å². The van der Waals surface area contributed by atoms with Crippen molar-refractivity contribution >= 4 is 27.3 Å². The minimum Gasteiger partial charge on any atom is -0.339 e. The second-order valence-corrected chi connectivity index (χ2v) is 9.01. The van der Waals surface area contributed by atoms with Gasteiger partial charge in [0.2, 0.25) is 0 Å². The number of rotatable bonds is 2. The summed E-state index contributed by atoms with van der Waals surface area (Å²) in [5.41, 5.74) is 11.9. The summed E-state index contributed by atoms with van der Waals surface area (Å²) in [4.78, 5) is 5.19. The molecule has 0 N–H and O–H groups in total. The average Bonchev–Trinajstić information content (AvgIpc) is 3.24. The Balaban J connectivity index is 0.00000241. The summed E-state index contributed by atoms with van der Waals surface area (Å²) in [6.45, 7) is 8.71. The monoisotopic (exact) mass is 618 g/mol. The summed E-state index contributed by atoms with van der Waals surface area (Å²) in [6.07, 6.45) is 2.19. The van der Waals surface area contributed by atoms with Crippen molar-refractivity contribution in [2.45, 2.75) is 27.7 Å². The number of nitrogens with zero attached hydrogens (tertiary/aromatic N) is 2. The van der Waals surface area contributed by atoms with E-state index in [0.29, 0.717) is 0 Å². The standard InChI is InChI=1S/C31H25N2.Ir/c1-19-10-7-11-20(2)28(19)24-15-9-16-25-30(24)23-14-5-6-17-27(23)33-18-26(32-31(25)33)29-21(3)12-8-13-22(29)4;/h5-15,17-18H,1-4H3;/q-1;. The Morgan fingerprint density at radius 2 is 1.32 bits per heavy atom. The van der Waals surface area contributed by atoms with Crippen LogP contribution in [0.5, 0.6) is 0 Å². The maximum atomic E-state index is 5.19. The molecule has 0 unspecified atom stereocenters. The fraction of sp³-hybridized carbons (Fsp3) is 0.129. The predicted molar refractivity (Wildman–Crippen MR) is 139 cm³/mol. The smallest absolute Gasteiger partial charge is 0.0777 e. The molecule has 34 heavy (non-hydrogen) atoms. The van der Waals surface area contributed by atoms with Gasteiger partial charge in [0.15, 0.2) is 0 Å². The topological polar surface area (TPSA) is 17.3 Å². The molecule has 0 spiro atoms. The van der Waals surface area contributed by atoms with Crippen LogP contribution >= 0.6 is 0 Å². The van der Waals surface area contributed by atoms with Crippen molar-refractivity contribution in [3.05, 3.63) is 107 Å². The first-order valence-corrected chi connectivity index (χ1v) is 11.4. The molecule has 0 amide bonds. The Morgan fingerprint density at radius 1 is 0.706 bits per heavy atom. The van der Waals surface area contributed by atoms with E-state index in [1.165, 1.54) is 49.7 Å². The molecule has 169 valence electrons. The molecule has 2 heterocycles. The minimum atomic E-state index is 0. The SMILES string of the molecule is Cc1cccc(C)c1-c1cn2c3ccccc3c3c(-c4c(C)cccc4C)cc[c-]c3c2n1.[Ir].